The zero-order valence-electron chi connectivity index (χ0n) is 42.4. The third kappa shape index (κ3) is 39.5. The van der Waals surface area contributed by atoms with Crippen LogP contribution >= 0.6 is 0 Å². The standard InChI is InChI=1S/C55H106O7S/c1-5-9-13-17-21-25-29-33-37-41-45-51(53(56)57)52(46-42-38-34-30-26-22-18-14-10-6-2)54(58)62-55(49-50-63(59,60)61,47-43-39-35-31-27-23-19-15-11-7-3)48-44-40-36-32-28-24-20-16-12-8-4/h5-50H2,1-4H3,(H,56,57)(H,59,60,61)/b52-51-. The topological polar surface area (TPSA) is 118 Å². The summed E-state index contributed by atoms with van der Waals surface area (Å²) >= 11 is 0. The Morgan fingerprint density at radius 3 is 0.905 bits per heavy atom. The van der Waals surface area contributed by atoms with Crippen LogP contribution in [-0.2, 0) is 24.4 Å². The summed E-state index contributed by atoms with van der Waals surface area (Å²) in [5.74, 6) is -2.10. The zero-order valence-corrected chi connectivity index (χ0v) is 43.2. The molecule has 0 aliphatic heterocycles. The number of unbranched alkanes of at least 4 members (excludes halogenated alkanes) is 36. The number of carbonyl (C=O) groups excluding carboxylic acids is 1. The van der Waals surface area contributed by atoms with Gasteiger partial charge in [-0.3, -0.25) is 4.55 Å². The number of hydrogen-bond acceptors (Lipinski definition) is 5. The molecule has 0 rings (SSSR count). The highest BCUT2D eigenvalue weighted by Crippen LogP contribution is 2.34. The van der Waals surface area contributed by atoms with E-state index in [2.05, 4.69) is 27.7 Å². The second-order valence-corrected chi connectivity index (χ2v) is 21.2. The van der Waals surface area contributed by atoms with E-state index < -0.39 is 33.4 Å². The molecule has 8 heteroatoms. The average Bonchev–Trinajstić information content (AvgIpc) is 3.25. The molecule has 0 aromatic carbocycles. The number of carbonyl (C=O) groups is 2. The molecular formula is C55H106O7S. The second kappa shape index (κ2) is 44.4. The smallest absolute Gasteiger partial charge is 0.335 e. The van der Waals surface area contributed by atoms with Crippen molar-refractivity contribution in [2.75, 3.05) is 5.75 Å². The second-order valence-electron chi connectivity index (χ2n) is 19.6. The van der Waals surface area contributed by atoms with E-state index in [1.54, 1.807) is 0 Å². The quantitative estimate of drug-likeness (QED) is 0.0270. The zero-order chi connectivity index (χ0) is 46.5. The molecule has 0 aliphatic rings. The van der Waals surface area contributed by atoms with Crippen LogP contribution in [0.1, 0.15) is 317 Å². The Hall–Kier alpha value is -1.41. The maximum absolute atomic E-state index is 14.6. The number of carboxylic acids is 1. The number of carboxylic acid groups (broad SMARTS) is 1. The maximum atomic E-state index is 14.6. The molecule has 0 spiro atoms. The van der Waals surface area contributed by atoms with Crippen LogP contribution in [-0.4, -0.2) is 41.4 Å². The fourth-order valence-electron chi connectivity index (χ4n) is 9.31. The Labute approximate surface area is 392 Å². The molecule has 0 aromatic rings. The van der Waals surface area contributed by atoms with Gasteiger partial charge in [0.15, 0.2) is 0 Å². The van der Waals surface area contributed by atoms with Crippen molar-refractivity contribution in [1.82, 2.24) is 0 Å². The minimum absolute atomic E-state index is 0.0266. The summed E-state index contributed by atoms with van der Waals surface area (Å²) in [6.07, 6.45) is 48.0. The van der Waals surface area contributed by atoms with E-state index >= 15 is 0 Å². The van der Waals surface area contributed by atoms with E-state index in [9.17, 15) is 27.7 Å². The van der Waals surface area contributed by atoms with Gasteiger partial charge in [0, 0.05) is 17.6 Å². The first kappa shape index (κ1) is 61.6. The number of hydrogen-bond donors (Lipinski definition) is 2. The fraction of sp³-hybridized carbons (Fsp3) is 0.927. The Balaban J connectivity index is 6.15. The maximum Gasteiger partial charge on any atom is 0.335 e. The lowest BCUT2D eigenvalue weighted by Gasteiger charge is -2.34. The summed E-state index contributed by atoms with van der Waals surface area (Å²) in [5, 5.41) is 10.6. The predicted molar refractivity (Wildman–Crippen MR) is 270 cm³/mol. The summed E-state index contributed by atoms with van der Waals surface area (Å²) in [5.41, 5.74) is -0.617. The van der Waals surface area contributed by atoms with Crippen molar-refractivity contribution in [3.8, 4) is 0 Å². The molecule has 0 saturated carbocycles. The molecule has 7 nitrogen and oxygen atoms in total. The van der Waals surface area contributed by atoms with Gasteiger partial charge >= 0.3 is 11.9 Å². The van der Waals surface area contributed by atoms with Crippen molar-refractivity contribution in [2.45, 2.75) is 322 Å². The van der Waals surface area contributed by atoms with Crippen LogP contribution in [0.5, 0.6) is 0 Å². The van der Waals surface area contributed by atoms with E-state index in [0.717, 1.165) is 103 Å². The SMILES string of the molecule is CCCCCCCCCCCC/C(C(=O)O)=C(\CCCCCCCCCCCC)C(=O)OC(CCCCCCCCCCCC)(CCCCCCCCCCCC)CCS(=O)(=O)O. The van der Waals surface area contributed by atoms with Crippen LogP contribution in [0.15, 0.2) is 11.1 Å². The van der Waals surface area contributed by atoms with E-state index in [-0.39, 0.29) is 17.6 Å². The largest absolute Gasteiger partial charge is 0.478 e. The highest BCUT2D eigenvalue weighted by atomic mass is 32.2. The summed E-state index contributed by atoms with van der Waals surface area (Å²) in [4.78, 5) is 27.6. The first-order chi connectivity index (χ1) is 30.6. The highest BCUT2D eigenvalue weighted by Gasteiger charge is 2.36. The van der Waals surface area contributed by atoms with Gasteiger partial charge in [-0.15, -0.1) is 0 Å². The van der Waals surface area contributed by atoms with Crippen molar-refractivity contribution in [2.24, 2.45) is 0 Å². The lowest BCUT2D eigenvalue weighted by atomic mass is 9.86. The monoisotopic (exact) mass is 911 g/mol. The average molecular weight is 912 g/mol. The third-order valence-electron chi connectivity index (χ3n) is 13.5. The Kier molecular flexibility index (Phi) is 43.4. The van der Waals surface area contributed by atoms with Gasteiger partial charge in [-0.25, -0.2) is 9.59 Å². The summed E-state index contributed by atoms with van der Waals surface area (Å²) in [6.45, 7) is 8.96. The molecule has 0 bridgehead atoms. The van der Waals surface area contributed by atoms with Crippen LogP contribution < -0.4 is 0 Å². The van der Waals surface area contributed by atoms with Gasteiger partial charge in [0.25, 0.3) is 10.1 Å². The molecule has 374 valence electrons. The van der Waals surface area contributed by atoms with Gasteiger partial charge in [-0.05, 0) is 51.4 Å². The molecule has 0 heterocycles. The van der Waals surface area contributed by atoms with Gasteiger partial charge in [-0.1, -0.05) is 259 Å². The van der Waals surface area contributed by atoms with Crippen LogP contribution in [0.4, 0.5) is 0 Å². The van der Waals surface area contributed by atoms with E-state index in [1.807, 2.05) is 0 Å². The number of ether oxygens (including phenoxy) is 1. The first-order valence-electron chi connectivity index (χ1n) is 27.7. The van der Waals surface area contributed by atoms with E-state index in [4.69, 9.17) is 4.74 Å². The fourth-order valence-corrected chi connectivity index (χ4v) is 9.94. The van der Waals surface area contributed by atoms with Crippen LogP contribution in [0.2, 0.25) is 0 Å². The van der Waals surface area contributed by atoms with Gasteiger partial charge in [0.1, 0.15) is 5.60 Å². The lowest BCUT2D eigenvalue weighted by molar-refractivity contribution is -0.158. The van der Waals surface area contributed by atoms with Crippen molar-refractivity contribution in [1.29, 1.82) is 0 Å². The van der Waals surface area contributed by atoms with Crippen LogP contribution in [0.25, 0.3) is 0 Å². The van der Waals surface area contributed by atoms with Gasteiger partial charge in [0.05, 0.1) is 5.75 Å². The molecule has 0 aromatic heterocycles. The molecule has 0 unspecified atom stereocenters. The first-order valence-corrected chi connectivity index (χ1v) is 29.3. The van der Waals surface area contributed by atoms with Crippen LogP contribution in [0.3, 0.4) is 0 Å². The Morgan fingerprint density at radius 2 is 0.635 bits per heavy atom. The molecule has 0 atom stereocenters. The van der Waals surface area contributed by atoms with Crippen LogP contribution in [0, 0.1) is 0 Å². The van der Waals surface area contributed by atoms with Crippen molar-refractivity contribution >= 4 is 22.1 Å². The lowest BCUT2D eigenvalue weighted by Crippen LogP contribution is -2.38. The number of aliphatic carboxylic acids is 1. The normalized spacial score (nSPS) is 12.5. The molecule has 0 aliphatic carbocycles. The highest BCUT2D eigenvalue weighted by molar-refractivity contribution is 7.85. The molecule has 2 N–H and O–H groups in total. The van der Waals surface area contributed by atoms with Crippen molar-refractivity contribution in [3.05, 3.63) is 11.1 Å². The molecule has 63 heavy (non-hydrogen) atoms. The summed E-state index contributed by atoms with van der Waals surface area (Å²) in [7, 11) is -4.31. The molecule has 0 radical (unpaired) electrons. The number of rotatable bonds is 50. The third-order valence-corrected chi connectivity index (χ3v) is 14.2. The van der Waals surface area contributed by atoms with E-state index in [1.165, 1.54) is 154 Å². The molecule has 0 amide bonds. The van der Waals surface area contributed by atoms with Crippen molar-refractivity contribution < 1.29 is 32.4 Å². The van der Waals surface area contributed by atoms with E-state index in [0.29, 0.717) is 25.7 Å². The molecule has 0 fully saturated rings. The van der Waals surface area contributed by atoms with Gasteiger partial charge < -0.3 is 9.84 Å². The summed E-state index contributed by atoms with van der Waals surface area (Å²) in [6, 6.07) is 0. The predicted octanol–water partition coefficient (Wildman–Crippen LogP) is 18.2. The molecular weight excluding hydrogens is 805 g/mol. The Bertz CT molecular complexity index is 1160. The van der Waals surface area contributed by atoms with Gasteiger partial charge in [-0.2, -0.15) is 8.42 Å². The summed E-state index contributed by atoms with van der Waals surface area (Å²) < 4.78 is 41.2. The Morgan fingerprint density at radius 1 is 0.381 bits per heavy atom. The van der Waals surface area contributed by atoms with Crippen molar-refractivity contribution in [3.63, 3.8) is 0 Å². The number of esters is 1. The minimum Gasteiger partial charge on any atom is -0.478 e. The van der Waals surface area contributed by atoms with Gasteiger partial charge in [0.2, 0.25) is 0 Å². The molecule has 0 saturated heterocycles. The minimum atomic E-state index is -4.31.